The van der Waals surface area contributed by atoms with Gasteiger partial charge in [-0.3, -0.25) is 0 Å². The van der Waals surface area contributed by atoms with Crippen LogP contribution in [0, 0.1) is 0 Å². The van der Waals surface area contributed by atoms with Crippen molar-refractivity contribution in [3.05, 3.63) is 5.15 Å². The molecule has 0 saturated carbocycles. The fourth-order valence-electron chi connectivity index (χ4n) is 1.13. The van der Waals surface area contributed by atoms with Gasteiger partial charge in [0, 0.05) is 19.1 Å². The van der Waals surface area contributed by atoms with Crippen LogP contribution in [0.3, 0.4) is 0 Å². The average Bonchev–Trinajstić information content (AvgIpc) is 2.05. The van der Waals surface area contributed by atoms with Crippen molar-refractivity contribution in [1.29, 1.82) is 0 Å². The molecule has 6 nitrogen and oxygen atoms in total. The number of nitrogens with two attached hydrogens (primary N) is 2. The molecule has 2 heterocycles. The Morgan fingerprint density at radius 3 is 2.62 bits per heavy atom. The zero-order valence-corrected chi connectivity index (χ0v) is 7.57. The summed E-state index contributed by atoms with van der Waals surface area (Å²) in [5.41, 5.74) is 11.1. The lowest BCUT2D eigenvalue weighted by Crippen LogP contribution is -2.56. The van der Waals surface area contributed by atoms with Crippen LogP contribution in [0.2, 0.25) is 5.15 Å². The lowest BCUT2D eigenvalue weighted by Gasteiger charge is -2.36. The Bertz CT molecular complexity index is 323. The molecule has 2 rings (SSSR count). The van der Waals surface area contributed by atoms with E-state index >= 15 is 0 Å². The largest absolute Gasteiger partial charge is 0.381 e. The van der Waals surface area contributed by atoms with E-state index in [1.165, 1.54) is 0 Å². The van der Waals surface area contributed by atoms with Crippen molar-refractivity contribution in [2.75, 3.05) is 23.7 Å². The quantitative estimate of drug-likeness (QED) is 0.620. The number of hydrogen-bond acceptors (Lipinski definition) is 6. The van der Waals surface area contributed by atoms with E-state index < -0.39 is 0 Å². The van der Waals surface area contributed by atoms with Crippen LogP contribution in [0.5, 0.6) is 0 Å². The number of anilines is 2. The van der Waals surface area contributed by atoms with E-state index in [0.717, 1.165) is 13.1 Å². The summed E-state index contributed by atoms with van der Waals surface area (Å²) in [5.74, 6) is 0.690. The number of nitrogens with zero attached hydrogens (tertiary/aromatic N) is 4. The van der Waals surface area contributed by atoms with Gasteiger partial charge in [0.1, 0.15) is 0 Å². The zero-order chi connectivity index (χ0) is 9.42. The molecule has 0 radical (unpaired) electrons. The average molecular weight is 201 g/mol. The van der Waals surface area contributed by atoms with Crippen molar-refractivity contribution in [3.63, 3.8) is 0 Å². The predicted octanol–water partition coefficient (Wildman–Crippen LogP) is -0.746. The molecule has 0 spiro atoms. The topological polar surface area (TPSA) is 94.0 Å². The second-order valence-electron chi connectivity index (χ2n) is 2.95. The van der Waals surface area contributed by atoms with Gasteiger partial charge in [-0.15, -0.1) is 10.2 Å². The highest BCUT2D eigenvalue weighted by atomic mass is 35.5. The Morgan fingerprint density at radius 2 is 2.08 bits per heavy atom. The van der Waals surface area contributed by atoms with Crippen LogP contribution in [-0.2, 0) is 0 Å². The number of hydrogen-bond donors (Lipinski definition) is 2. The Balaban J connectivity index is 2.18. The molecule has 1 aliphatic heterocycles. The lowest BCUT2D eigenvalue weighted by atomic mass is 10.1. The molecule has 1 fully saturated rings. The zero-order valence-electron chi connectivity index (χ0n) is 6.81. The minimum Gasteiger partial charge on any atom is -0.381 e. The van der Waals surface area contributed by atoms with Crippen LogP contribution in [-0.4, -0.2) is 34.3 Å². The molecule has 0 amide bonds. The van der Waals surface area contributed by atoms with E-state index in [1.807, 2.05) is 4.90 Å². The summed E-state index contributed by atoms with van der Waals surface area (Å²) in [5, 5.41) is 7.58. The molecule has 13 heavy (non-hydrogen) atoms. The summed E-state index contributed by atoms with van der Waals surface area (Å²) in [7, 11) is 0. The van der Waals surface area contributed by atoms with Gasteiger partial charge in [0.2, 0.25) is 5.95 Å². The summed E-state index contributed by atoms with van der Waals surface area (Å²) in [6, 6.07) is 0.195. The van der Waals surface area contributed by atoms with Crippen molar-refractivity contribution in [1.82, 2.24) is 15.2 Å². The lowest BCUT2D eigenvalue weighted by molar-refractivity contribution is 0.506. The maximum absolute atomic E-state index is 5.60. The van der Waals surface area contributed by atoms with Crippen molar-refractivity contribution < 1.29 is 0 Å². The second kappa shape index (κ2) is 2.97. The molecule has 0 atom stereocenters. The van der Waals surface area contributed by atoms with Gasteiger partial charge in [-0.25, -0.2) is 0 Å². The Morgan fingerprint density at radius 1 is 1.38 bits per heavy atom. The first kappa shape index (κ1) is 8.46. The summed E-state index contributed by atoms with van der Waals surface area (Å²) >= 11 is 5.57. The molecule has 7 heteroatoms. The summed E-state index contributed by atoms with van der Waals surface area (Å²) in [4.78, 5) is 5.86. The van der Waals surface area contributed by atoms with Gasteiger partial charge in [0.05, 0.1) is 0 Å². The van der Waals surface area contributed by atoms with E-state index in [9.17, 15) is 0 Å². The maximum atomic E-state index is 5.60. The normalized spacial score (nSPS) is 17.2. The third-order valence-electron chi connectivity index (χ3n) is 1.85. The van der Waals surface area contributed by atoms with Crippen molar-refractivity contribution >= 4 is 23.4 Å². The monoisotopic (exact) mass is 200 g/mol. The fraction of sp³-hybridized carbons (Fsp3) is 0.500. The molecular weight excluding hydrogens is 192 g/mol. The first-order chi connectivity index (χ1) is 6.16. The van der Waals surface area contributed by atoms with Gasteiger partial charge in [-0.2, -0.15) is 4.98 Å². The Hall–Kier alpha value is -1.14. The summed E-state index contributed by atoms with van der Waals surface area (Å²) < 4.78 is 0. The molecule has 1 saturated heterocycles. The molecule has 1 aromatic rings. The highest BCUT2D eigenvalue weighted by Crippen LogP contribution is 2.18. The first-order valence-electron chi connectivity index (χ1n) is 3.83. The summed E-state index contributed by atoms with van der Waals surface area (Å²) in [6.45, 7) is 1.48. The van der Waals surface area contributed by atoms with E-state index in [1.54, 1.807) is 0 Å². The Labute approximate surface area is 79.9 Å². The Kier molecular flexibility index (Phi) is 1.93. The molecule has 0 bridgehead atoms. The predicted molar refractivity (Wildman–Crippen MR) is 49.4 cm³/mol. The van der Waals surface area contributed by atoms with Crippen molar-refractivity contribution in [2.45, 2.75) is 6.04 Å². The van der Waals surface area contributed by atoms with Crippen LogP contribution in [0.1, 0.15) is 0 Å². The molecule has 0 aromatic carbocycles. The SMILES string of the molecule is Nc1nc(N2CC(N)C2)nnc1Cl. The van der Waals surface area contributed by atoms with Crippen molar-refractivity contribution in [3.8, 4) is 0 Å². The molecule has 0 aliphatic carbocycles. The minimum absolute atomic E-state index is 0.133. The highest BCUT2D eigenvalue weighted by Gasteiger charge is 2.25. The summed E-state index contributed by atoms with van der Waals surface area (Å²) in [6.07, 6.45) is 0. The van der Waals surface area contributed by atoms with Gasteiger partial charge in [-0.05, 0) is 0 Å². The van der Waals surface area contributed by atoms with E-state index in [-0.39, 0.29) is 17.0 Å². The molecular formula is C6H9ClN6. The van der Waals surface area contributed by atoms with Crippen LogP contribution in [0.15, 0.2) is 0 Å². The van der Waals surface area contributed by atoms with Gasteiger partial charge in [-0.1, -0.05) is 11.6 Å². The highest BCUT2D eigenvalue weighted by molar-refractivity contribution is 6.31. The molecule has 0 unspecified atom stereocenters. The number of rotatable bonds is 1. The van der Waals surface area contributed by atoms with Crippen LogP contribution in [0.25, 0.3) is 0 Å². The van der Waals surface area contributed by atoms with Crippen molar-refractivity contribution in [2.24, 2.45) is 5.73 Å². The van der Waals surface area contributed by atoms with Gasteiger partial charge in [0.15, 0.2) is 11.0 Å². The maximum Gasteiger partial charge on any atom is 0.247 e. The number of aromatic nitrogens is 3. The van der Waals surface area contributed by atoms with E-state index in [0.29, 0.717) is 5.95 Å². The van der Waals surface area contributed by atoms with E-state index in [4.69, 9.17) is 23.1 Å². The van der Waals surface area contributed by atoms with Gasteiger partial charge < -0.3 is 16.4 Å². The number of halogens is 1. The first-order valence-corrected chi connectivity index (χ1v) is 4.21. The van der Waals surface area contributed by atoms with Gasteiger partial charge >= 0.3 is 0 Å². The van der Waals surface area contributed by atoms with E-state index in [2.05, 4.69) is 15.2 Å². The molecule has 1 aromatic heterocycles. The molecule has 70 valence electrons. The minimum atomic E-state index is 0.133. The standard InChI is InChI=1S/C6H9ClN6/c7-4-5(9)10-6(12-11-4)13-1-3(8)2-13/h3H,1-2,8H2,(H2,9,10,12). The third kappa shape index (κ3) is 1.50. The second-order valence-corrected chi connectivity index (χ2v) is 3.31. The third-order valence-corrected chi connectivity index (χ3v) is 2.12. The van der Waals surface area contributed by atoms with Crippen LogP contribution in [0.4, 0.5) is 11.8 Å². The fourth-order valence-corrected chi connectivity index (χ4v) is 1.21. The molecule has 4 N–H and O–H groups in total. The number of nitrogen functional groups attached to an aromatic ring is 1. The van der Waals surface area contributed by atoms with Crippen LogP contribution < -0.4 is 16.4 Å². The smallest absolute Gasteiger partial charge is 0.247 e. The molecule has 1 aliphatic rings. The van der Waals surface area contributed by atoms with Crippen LogP contribution >= 0.6 is 11.6 Å². The van der Waals surface area contributed by atoms with Gasteiger partial charge in [0.25, 0.3) is 0 Å².